The van der Waals surface area contributed by atoms with Gasteiger partial charge in [0.25, 0.3) is 5.91 Å². The molecule has 3 aromatic rings. The third-order valence-corrected chi connectivity index (χ3v) is 3.76. The molecule has 1 aromatic heterocycles. The first-order valence-electron chi connectivity index (χ1n) is 7.65. The molecule has 0 atom stereocenters. The van der Waals surface area contributed by atoms with Gasteiger partial charge < -0.3 is 9.30 Å². The van der Waals surface area contributed by atoms with E-state index in [1.807, 2.05) is 35.0 Å². The van der Waals surface area contributed by atoms with Crippen LogP contribution < -0.4 is 10.2 Å². The number of carbonyl (C=O) groups is 1. The van der Waals surface area contributed by atoms with Crippen molar-refractivity contribution in [1.29, 1.82) is 5.26 Å². The molecular formula is C19H16N4O2. The van der Waals surface area contributed by atoms with E-state index in [0.717, 1.165) is 16.5 Å². The Hall–Kier alpha value is -3.59. The Bertz CT molecular complexity index is 982. The zero-order valence-electron chi connectivity index (χ0n) is 13.6. The standard InChI is InChI=1S/C19H16N4O2/c1-25-16-6-4-5-14(11-16)19(24)22-21-12-15-13-23(10-9-20)18-8-3-2-7-17(15)18/h2-8,11-13H,10H2,1H3,(H,22,24)/b21-12-. The van der Waals surface area contributed by atoms with Crippen molar-refractivity contribution in [2.45, 2.75) is 6.54 Å². The normalized spacial score (nSPS) is 10.7. The molecule has 0 aliphatic heterocycles. The molecule has 0 saturated carbocycles. The van der Waals surface area contributed by atoms with Gasteiger partial charge in [0.15, 0.2) is 0 Å². The molecule has 0 spiro atoms. The number of hydrazone groups is 1. The van der Waals surface area contributed by atoms with E-state index in [4.69, 9.17) is 10.00 Å². The van der Waals surface area contributed by atoms with Gasteiger partial charge in [-0.15, -0.1) is 0 Å². The van der Waals surface area contributed by atoms with Gasteiger partial charge in [-0.2, -0.15) is 10.4 Å². The third kappa shape index (κ3) is 3.51. The molecule has 3 rings (SSSR count). The van der Waals surface area contributed by atoms with Crippen LogP contribution in [0.5, 0.6) is 5.75 Å². The van der Waals surface area contributed by atoms with E-state index in [0.29, 0.717) is 11.3 Å². The molecule has 25 heavy (non-hydrogen) atoms. The van der Waals surface area contributed by atoms with Crippen LogP contribution in [0.4, 0.5) is 0 Å². The van der Waals surface area contributed by atoms with Crippen molar-refractivity contribution in [1.82, 2.24) is 9.99 Å². The third-order valence-electron chi connectivity index (χ3n) is 3.76. The number of aromatic nitrogens is 1. The van der Waals surface area contributed by atoms with E-state index in [2.05, 4.69) is 16.6 Å². The first-order chi connectivity index (χ1) is 12.2. The molecule has 0 fully saturated rings. The van der Waals surface area contributed by atoms with Gasteiger partial charge in [0.2, 0.25) is 0 Å². The zero-order chi connectivity index (χ0) is 17.6. The van der Waals surface area contributed by atoms with Crippen molar-refractivity contribution in [3.63, 3.8) is 0 Å². The van der Waals surface area contributed by atoms with Crippen LogP contribution in [0.2, 0.25) is 0 Å². The summed E-state index contributed by atoms with van der Waals surface area (Å²) < 4.78 is 6.95. The second-order valence-corrected chi connectivity index (χ2v) is 5.32. The Morgan fingerprint density at radius 1 is 1.32 bits per heavy atom. The van der Waals surface area contributed by atoms with Crippen molar-refractivity contribution in [3.05, 3.63) is 65.9 Å². The van der Waals surface area contributed by atoms with Crippen LogP contribution in [0.25, 0.3) is 10.9 Å². The molecule has 0 aliphatic rings. The van der Waals surface area contributed by atoms with Crippen molar-refractivity contribution in [2.24, 2.45) is 5.10 Å². The lowest BCUT2D eigenvalue weighted by molar-refractivity contribution is 0.0955. The van der Waals surface area contributed by atoms with Gasteiger partial charge in [-0.3, -0.25) is 4.79 Å². The maximum Gasteiger partial charge on any atom is 0.271 e. The zero-order valence-corrected chi connectivity index (χ0v) is 13.6. The molecule has 6 nitrogen and oxygen atoms in total. The van der Waals surface area contributed by atoms with Gasteiger partial charge in [-0.05, 0) is 24.3 Å². The molecule has 0 bridgehead atoms. The van der Waals surface area contributed by atoms with Crippen LogP contribution in [0, 0.1) is 11.3 Å². The minimum Gasteiger partial charge on any atom is -0.497 e. The Morgan fingerprint density at radius 2 is 2.16 bits per heavy atom. The van der Waals surface area contributed by atoms with Gasteiger partial charge in [0.05, 0.1) is 19.4 Å². The summed E-state index contributed by atoms with van der Waals surface area (Å²) in [7, 11) is 1.55. The summed E-state index contributed by atoms with van der Waals surface area (Å²) in [5.74, 6) is 0.284. The number of ether oxygens (including phenoxy) is 1. The van der Waals surface area contributed by atoms with Crippen LogP contribution in [0.1, 0.15) is 15.9 Å². The molecular weight excluding hydrogens is 316 g/mol. The van der Waals surface area contributed by atoms with Crippen LogP contribution >= 0.6 is 0 Å². The maximum atomic E-state index is 12.1. The minimum absolute atomic E-state index is 0.254. The SMILES string of the molecule is COc1cccc(C(=O)N/N=C\c2cn(CC#N)c3ccccc23)c1. The number of hydrogen-bond acceptors (Lipinski definition) is 4. The predicted molar refractivity (Wildman–Crippen MR) is 95.6 cm³/mol. The Labute approximate surface area is 144 Å². The minimum atomic E-state index is -0.323. The summed E-state index contributed by atoms with van der Waals surface area (Å²) in [6, 6.07) is 16.7. The van der Waals surface area contributed by atoms with Crippen molar-refractivity contribution in [2.75, 3.05) is 7.11 Å². The second kappa shape index (κ2) is 7.32. The fraction of sp³-hybridized carbons (Fsp3) is 0.105. The number of para-hydroxylation sites is 1. The summed E-state index contributed by atoms with van der Waals surface area (Å²) in [6.07, 6.45) is 3.42. The average molecular weight is 332 g/mol. The van der Waals surface area contributed by atoms with E-state index in [1.54, 1.807) is 37.6 Å². The van der Waals surface area contributed by atoms with E-state index in [1.165, 1.54) is 0 Å². The lowest BCUT2D eigenvalue weighted by Gasteiger charge is -2.02. The quantitative estimate of drug-likeness (QED) is 0.576. The van der Waals surface area contributed by atoms with Crippen LogP contribution in [0.15, 0.2) is 59.8 Å². The van der Waals surface area contributed by atoms with Gasteiger partial charge >= 0.3 is 0 Å². The molecule has 0 aliphatic carbocycles. The van der Waals surface area contributed by atoms with Crippen LogP contribution in [0.3, 0.4) is 0 Å². The van der Waals surface area contributed by atoms with Gasteiger partial charge in [0.1, 0.15) is 12.3 Å². The molecule has 2 aromatic carbocycles. The number of methoxy groups -OCH3 is 1. The van der Waals surface area contributed by atoms with Crippen molar-refractivity contribution in [3.8, 4) is 11.8 Å². The monoisotopic (exact) mass is 332 g/mol. The van der Waals surface area contributed by atoms with E-state index in [-0.39, 0.29) is 12.5 Å². The molecule has 1 amide bonds. The summed E-state index contributed by atoms with van der Waals surface area (Å²) in [4.78, 5) is 12.1. The molecule has 1 heterocycles. The molecule has 0 saturated heterocycles. The van der Waals surface area contributed by atoms with E-state index in [9.17, 15) is 4.79 Å². The molecule has 0 radical (unpaired) electrons. The highest BCUT2D eigenvalue weighted by atomic mass is 16.5. The Kier molecular flexibility index (Phi) is 4.77. The Balaban J connectivity index is 1.79. The summed E-state index contributed by atoms with van der Waals surface area (Å²) in [5.41, 5.74) is 4.75. The lowest BCUT2D eigenvalue weighted by atomic mass is 10.2. The molecule has 1 N–H and O–H groups in total. The van der Waals surface area contributed by atoms with Crippen molar-refractivity contribution < 1.29 is 9.53 Å². The summed E-state index contributed by atoms with van der Waals surface area (Å²) in [5, 5.41) is 13.9. The number of hydrogen-bond donors (Lipinski definition) is 1. The molecule has 124 valence electrons. The number of benzene rings is 2. The topological polar surface area (TPSA) is 79.4 Å². The first-order valence-corrected chi connectivity index (χ1v) is 7.65. The summed E-state index contributed by atoms with van der Waals surface area (Å²) >= 11 is 0. The number of nitrogens with zero attached hydrogens (tertiary/aromatic N) is 3. The number of carbonyl (C=O) groups excluding carboxylic acids is 1. The Morgan fingerprint density at radius 3 is 2.96 bits per heavy atom. The molecule has 6 heteroatoms. The second-order valence-electron chi connectivity index (χ2n) is 5.32. The number of nitrogens with one attached hydrogen (secondary N) is 1. The fourth-order valence-electron chi connectivity index (χ4n) is 2.57. The van der Waals surface area contributed by atoms with Crippen LogP contribution in [-0.2, 0) is 6.54 Å². The number of rotatable bonds is 5. The van der Waals surface area contributed by atoms with Crippen molar-refractivity contribution >= 4 is 23.0 Å². The average Bonchev–Trinajstić information content (AvgIpc) is 3.00. The fourth-order valence-corrected chi connectivity index (χ4v) is 2.57. The summed E-state index contributed by atoms with van der Waals surface area (Å²) in [6.45, 7) is 0.254. The maximum absolute atomic E-state index is 12.1. The number of amides is 1. The highest BCUT2D eigenvalue weighted by Crippen LogP contribution is 2.19. The highest BCUT2D eigenvalue weighted by Gasteiger charge is 2.07. The molecule has 0 unspecified atom stereocenters. The predicted octanol–water partition coefficient (Wildman–Crippen LogP) is 2.94. The first kappa shape index (κ1) is 16.3. The smallest absolute Gasteiger partial charge is 0.271 e. The highest BCUT2D eigenvalue weighted by molar-refractivity contribution is 6.00. The van der Waals surface area contributed by atoms with E-state index < -0.39 is 0 Å². The van der Waals surface area contributed by atoms with Gasteiger partial charge in [-0.1, -0.05) is 24.3 Å². The van der Waals surface area contributed by atoms with Gasteiger partial charge in [0, 0.05) is 28.2 Å². The van der Waals surface area contributed by atoms with Crippen LogP contribution in [-0.4, -0.2) is 23.8 Å². The largest absolute Gasteiger partial charge is 0.497 e. The lowest BCUT2D eigenvalue weighted by Crippen LogP contribution is -2.17. The van der Waals surface area contributed by atoms with Gasteiger partial charge in [-0.25, -0.2) is 5.43 Å². The number of fused-ring (bicyclic) bond motifs is 1. The van der Waals surface area contributed by atoms with E-state index >= 15 is 0 Å². The number of nitriles is 1.